The maximum absolute atomic E-state index is 12.8. The second-order valence-electron chi connectivity index (χ2n) is 9.91. The van der Waals surface area contributed by atoms with Crippen LogP contribution in [0.5, 0.6) is 0 Å². The van der Waals surface area contributed by atoms with Gasteiger partial charge in [0.05, 0.1) is 28.4 Å². The van der Waals surface area contributed by atoms with Gasteiger partial charge in [-0.1, -0.05) is 29.3 Å². The number of rotatable bonds is 6. The van der Waals surface area contributed by atoms with Crippen LogP contribution in [0.15, 0.2) is 47.4 Å². The number of hydrogen-bond acceptors (Lipinski definition) is 7. The Kier molecular flexibility index (Phi) is 9.31. The number of carbonyl (C=O) groups excluding carboxylic acids is 3. The third-order valence-electron chi connectivity index (χ3n) is 5.71. The minimum Gasteiger partial charge on any atom is -0.444 e. The molecule has 1 aliphatic rings. The molecule has 3 aromatic rings. The van der Waals surface area contributed by atoms with Crippen molar-refractivity contribution in [2.75, 3.05) is 22.9 Å². The molecule has 8 nitrogen and oxygen atoms in total. The maximum Gasteiger partial charge on any atom is 0.410 e. The van der Waals surface area contributed by atoms with Gasteiger partial charge >= 0.3 is 6.09 Å². The second kappa shape index (κ2) is 12.5. The summed E-state index contributed by atoms with van der Waals surface area (Å²) in [5.74, 6) is -0.554. The zero-order valence-electron chi connectivity index (χ0n) is 22.0. The van der Waals surface area contributed by atoms with Crippen molar-refractivity contribution in [3.63, 3.8) is 0 Å². The van der Waals surface area contributed by atoms with Gasteiger partial charge in [0.15, 0.2) is 0 Å². The number of nitrogens with one attached hydrogen (secondary N) is 2. The van der Waals surface area contributed by atoms with Crippen molar-refractivity contribution < 1.29 is 19.1 Å². The fourth-order valence-corrected chi connectivity index (χ4v) is 6.42. The summed E-state index contributed by atoms with van der Waals surface area (Å²) in [5.41, 5.74) is 1.54. The molecule has 0 saturated carbocycles. The van der Waals surface area contributed by atoms with Crippen LogP contribution in [0, 0.1) is 11.3 Å². The summed E-state index contributed by atoms with van der Waals surface area (Å²) >= 11 is 14.6. The maximum atomic E-state index is 12.8. The van der Waals surface area contributed by atoms with Crippen molar-refractivity contribution in [2.45, 2.75) is 44.2 Å². The van der Waals surface area contributed by atoms with E-state index in [-0.39, 0.29) is 22.6 Å². The summed E-state index contributed by atoms with van der Waals surface area (Å²) in [6.07, 6.45) is 0.111. The lowest BCUT2D eigenvalue weighted by atomic mass is 10.0. The van der Waals surface area contributed by atoms with Crippen molar-refractivity contribution >= 4 is 74.9 Å². The van der Waals surface area contributed by atoms with Gasteiger partial charge in [0, 0.05) is 27.0 Å². The van der Waals surface area contributed by atoms with E-state index in [4.69, 9.17) is 27.9 Å². The first-order chi connectivity index (χ1) is 18.9. The smallest absolute Gasteiger partial charge is 0.410 e. The summed E-state index contributed by atoms with van der Waals surface area (Å²) in [5, 5.41) is 16.6. The monoisotopic (exact) mass is 616 g/mol. The first kappa shape index (κ1) is 29.7. The van der Waals surface area contributed by atoms with Gasteiger partial charge in [-0.05, 0) is 69.2 Å². The van der Waals surface area contributed by atoms with Crippen molar-refractivity contribution in [3.05, 3.63) is 74.1 Å². The molecular weight excluding hydrogens is 591 g/mol. The van der Waals surface area contributed by atoms with Gasteiger partial charge in [-0.3, -0.25) is 9.59 Å². The third kappa shape index (κ3) is 7.49. The molecule has 0 radical (unpaired) electrons. The molecule has 2 heterocycles. The van der Waals surface area contributed by atoms with E-state index in [0.717, 1.165) is 15.3 Å². The number of amides is 3. The molecule has 2 aromatic carbocycles. The van der Waals surface area contributed by atoms with Crippen LogP contribution in [0.3, 0.4) is 0 Å². The molecule has 0 bridgehead atoms. The molecular formula is C28H26Cl2N4O4S2. The van der Waals surface area contributed by atoms with E-state index < -0.39 is 11.7 Å². The summed E-state index contributed by atoms with van der Waals surface area (Å²) in [7, 11) is 0. The fraction of sp³-hybridized carbons (Fsp3) is 0.286. The lowest BCUT2D eigenvalue weighted by molar-refractivity contribution is -0.113. The Bertz CT molecular complexity index is 1510. The molecule has 1 aromatic heterocycles. The number of hydrogen-bond donors (Lipinski definition) is 2. The van der Waals surface area contributed by atoms with Gasteiger partial charge in [-0.25, -0.2) is 4.79 Å². The lowest BCUT2D eigenvalue weighted by Crippen LogP contribution is -2.39. The molecule has 40 heavy (non-hydrogen) atoms. The SMILES string of the molecule is CC(C)(C)OC(=O)N1CCc2c(sc(NC(=O)CSc3cccc(NC(=O)c4ccc(Cl)cc4Cl)c3)c2C#N)C1. The molecule has 0 spiro atoms. The highest BCUT2D eigenvalue weighted by Gasteiger charge is 2.30. The molecule has 208 valence electrons. The van der Waals surface area contributed by atoms with Gasteiger partial charge < -0.3 is 20.3 Å². The molecule has 2 N–H and O–H groups in total. The molecule has 0 atom stereocenters. The highest BCUT2D eigenvalue weighted by Crippen LogP contribution is 2.37. The predicted octanol–water partition coefficient (Wildman–Crippen LogP) is 7.20. The standard InChI is InChI=1S/C28H26Cl2N4O4S2/c1-28(2,3)38-27(37)34-10-9-19-21(13-31)26(40-23(19)14-34)33-24(35)15-39-18-6-4-5-17(12-18)32-25(36)20-8-7-16(29)11-22(20)30/h4-8,11-12H,9-10,14-15H2,1-3H3,(H,32,36)(H,33,35). The van der Waals surface area contributed by atoms with E-state index in [1.807, 2.05) is 26.8 Å². The molecule has 0 fully saturated rings. The van der Waals surface area contributed by atoms with Gasteiger partial charge in [0.25, 0.3) is 5.91 Å². The predicted molar refractivity (Wildman–Crippen MR) is 160 cm³/mol. The van der Waals surface area contributed by atoms with Crippen LogP contribution in [0.2, 0.25) is 10.0 Å². The van der Waals surface area contributed by atoms with E-state index in [0.29, 0.717) is 46.3 Å². The molecule has 1 aliphatic heterocycles. The topological polar surface area (TPSA) is 112 Å². The lowest BCUT2D eigenvalue weighted by Gasteiger charge is -2.29. The minimum atomic E-state index is -0.600. The zero-order valence-corrected chi connectivity index (χ0v) is 25.1. The number of benzene rings is 2. The summed E-state index contributed by atoms with van der Waals surface area (Å²) in [6, 6.07) is 14.0. The number of fused-ring (bicyclic) bond motifs is 1. The number of thiophene rings is 1. The van der Waals surface area contributed by atoms with Gasteiger partial charge in [-0.2, -0.15) is 5.26 Å². The normalized spacial score (nSPS) is 12.8. The Morgan fingerprint density at radius 2 is 1.93 bits per heavy atom. The number of anilines is 2. The largest absolute Gasteiger partial charge is 0.444 e. The first-order valence-electron chi connectivity index (χ1n) is 12.2. The Balaban J connectivity index is 1.36. The van der Waals surface area contributed by atoms with E-state index in [1.165, 1.54) is 29.2 Å². The van der Waals surface area contributed by atoms with E-state index in [1.54, 1.807) is 35.2 Å². The molecule has 0 unspecified atom stereocenters. The summed E-state index contributed by atoms with van der Waals surface area (Å²) in [6.45, 7) is 6.21. The molecule has 0 aliphatic carbocycles. The Labute approximate surface area is 250 Å². The van der Waals surface area contributed by atoms with E-state index in [2.05, 4.69) is 16.7 Å². The van der Waals surface area contributed by atoms with Gasteiger partial charge in [-0.15, -0.1) is 23.1 Å². The van der Waals surface area contributed by atoms with Crippen molar-refractivity contribution in [2.24, 2.45) is 0 Å². The average molecular weight is 618 g/mol. The van der Waals surface area contributed by atoms with E-state index >= 15 is 0 Å². The highest BCUT2D eigenvalue weighted by molar-refractivity contribution is 8.00. The van der Waals surface area contributed by atoms with Gasteiger partial charge in [0.2, 0.25) is 5.91 Å². The third-order valence-corrected chi connectivity index (χ3v) is 8.38. The molecule has 3 amide bonds. The number of halogens is 2. The average Bonchev–Trinajstić information content (AvgIpc) is 3.22. The van der Waals surface area contributed by atoms with Crippen molar-refractivity contribution in [3.8, 4) is 6.07 Å². The number of carbonyl (C=O) groups is 3. The van der Waals surface area contributed by atoms with Crippen LogP contribution in [0.4, 0.5) is 15.5 Å². The van der Waals surface area contributed by atoms with Crippen LogP contribution >= 0.6 is 46.3 Å². The number of ether oxygens (including phenoxy) is 1. The zero-order chi connectivity index (χ0) is 29.0. The van der Waals surface area contributed by atoms with Crippen molar-refractivity contribution in [1.29, 1.82) is 5.26 Å². The summed E-state index contributed by atoms with van der Waals surface area (Å²) in [4.78, 5) is 41.2. The van der Waals surface area contributed by atoms with Crippen LogP contribution < -0.4 is 10.6 Å². The number of nitrogens with zero attached hydrogens (tertiary/aromatic N) is 2. The highest BCUT2D eigenvalue weighted by atomic mass is 35.5. The number of nitriles is 1. The minimum absolute atomic E-state index is 0.0951. The van der Waals surface area contributed by atoms with E-state index in [9.17, 15) is 19.6 Å². The van der Waals surface area contributed by atoms with Crippen LogP contribution in [-0.4, -0.2) is 40.7 Å². The van der Waals surface area contributed by atoms with Crippen LogP contribution in [0.25, 0.3) is 0 Å². The number of thioether (sulfide) groups is 1. The molecule has 12 heteroatoms. The molecule has 4 rings (SSSR count). The Hall–Kier alpha value is -3.23. The first-order valence-corrected chi connectivity index (χ1v) is 14.8. The fourth-order valence-electron chi connectivity index (χ4n) is 3.94. The van der Waals surface area contributed by atoms with Crippen LogP contribution in [-0.2, 0) is 22.5 Å². The quantitative estimate of drug-likeness (QED) is 0.283. The van der Waals surface area contributed by atoms with Crippen LogP contribution in [0.1, 0.15) is 47.1 Å². The molecule has 0 saturated heterocycles. The Morgan fingerprint density at radius 1 is 1.15 bits per heavy atom. The van der Waals surface area contributed by atoms with Gasteiger partial charge in [0.1, 0.15) is 16.7 Å². The second-order valence-corrected chi connectivity index (χ2v) is 12.9. The Morgan fingerprint density at radius 3 is 2.62 bits per heavy atom. The van der Waals surface area contributed by atoms with Crippen molar-refractivity contribution in [1.82, 2.24) is 4.90 Å². The summed E-state index contributed by atoms with van der Waals surface area (Å²) < 4.78 is 5.48.